The molecule has 1 aromatic carbocycles. The maximum atomic E-state index is 12.1. The van der Waals surface area contributed by atoms with Crippen molar-refractivity contribution < 1.29 is 9.00 Å². The normalized spacial score (nSPS) is 13.9. The van der Waals surface area contributed by atoms with Crippen LogP contribution >= 0.6 is 0 Å². The Balaban J connectivity index is 2.57. The molecule has 1 aromatic rings. The van der Waals surface area contributed by atoms with Gasteiger partial charge in [-0.3, -0.25) is 9.00 Å². The van der Waals surface area contributed by atoms with Crippen LogP contribution in [-0.4, -0.2) is 21.9 Å². The molecular formula is C14H21NO2S. The van der Waals surface area contributed by atoms with E-state index in [-0.39, 0.29) is 5.91 Å². The van der Waals surface area contributed by atoms with E-state index >= 15 is 0 Å². The predicted octanol–water partition coefficient (Wildman–Crippen LogP) is 2.16. The largest absolute Gasteiger partial charge is 0.355 e. The third-order valence-electron chi connectivity index (χ3n) is 2.70. The van der Waals surface area contributed by atoms with E-state index in [1.54, 1.807) is 6.92 Å². The number of carbonyl (C=O) groups excluding carboxylic acids is 1. The number of nitrogens with one attached hydrogen (secondary N) is 1. The first-order valence-corrected chi connectivity index (χ1v) is 7.63. The summed E-state index contributed by atoms with van der Waals surface area (Å²) in [6.07, 6.45) is 0.892. The third-order valence-corrected chi connectivity index (χ3v) is 4.32. The summed E-state index contributed by atoms with van der Waals surface area (Å²) >= 11 is 0. The number of carbonyl (C=O) groups is 1. The highest BCUT2D eigenvalue weighted by atomic mass is 32.2. The van der Waals surface area contributed by atoms with Crippen molar-refractivity contribution in [3.8, 4) is 0 Å². The van der Waals surface area contributed by atoms with E-state index in [0.29, 0.717) is 12.3 Å². The molecular weight excluding hydrogens is 246 g/mol. The lowest BCUT2D eigenvalue weighted by molar-refractivity contribution is -0.120. The van der Waals surface area contributed by atoms with Crippen LogP contribution in [0.15, 0.2) is 24.3 Å². The highest BCUT2D eigenvalue weighted by molar-refractivity contribution is 7.85. The van der Waals surface area contributed by atoms with Crippen LogP contribution in [0.3, 0.4) is 0 Å². The summed E-state index contributed by atoms with van der Waals surface area (Å²) in [5.41, 5.74) is 2.16. The SMILES string of the molecule is CCCNC(=O)[C@@H](C)[S@](=O)Cc1cccc(C)c1. The summed E-state index contributed by atoms with van der Waals surface area (Å²) in [5.74, 6) is 0.311. The summed E-state index contributed by atoms with van der Waals surface area (Å²) < 4.78 is 12.1. The van der Waals surface area contributed by atoms with E-state index in [2.05, 4.69) is 5.32 Å². The minimum absolute atomic E-state index is 0.122. The van der Waals surface area contributed by atoms with Crippen molar-refractivity contribution in [2.45, 2.75) is 38.2 Å². The van der Waals surface area contributed by atoms with Crippen molar-refractivity contribution in [2.75, 3.05) is 6.54 Å². The van der Waals surface area contributed by atoms with Gasteiger partial charge in [0.05, 0.1) is 0 Å². The van der Waals surface area contributed by atoms with Gasteiger partial charge in [0, 0.05) is 23.1 Å². The standard InChI is InChI=1S/C14H21NO2S/c1-4-8-15-14(16)12(3)18(17)10-13-7-5-6-11(2)9-13/h5-7,9,12H,4,8,10H2,1-3H3,(H,15,16)/t12-,18-/m1/s1. The van der Waals surface area contributed by atoms with E-state index in [0.717, 1.165) is 17.5 Å². The van der Waals surface area contributed by atoms with E-state index in [1.807, 2.05) is 38.1 Å². The zero-order chi connectivity index (χ0) is 13.5. The van der Waals surface area contributed by atoms with E-state index in [9.17, 15) is 9.00 Å². The molecule has 0 spiro atoms. The summed E-state index contributed by atoms with van der Waals surface area (Å²) in [5, 5.41) is 2.32. The number of rotatable bonds is 6. The van der Waals surface area contributed by atoms with E-state index in [4.69, 9.17) is 0 Å². The van der Waals surface area contributed by atoms with Gasteiger partial charge in [-0.05, 0) is 25.8 Å². The first kappa shape index (κ1) is 14.9. The number of aryl methyl sites for hydroxylation is 1. The van der Waals surface area contributed by atoms with Gasteiger partial charge < -0.3 is 5.32 Å². The van der Waals surface area contributed by atoms with Gasteiger partial charge in [0.25, 0.3) is 0 Å². The molecule has 0 aliphatic carbocycles. The van der Waals surface area contributed by atoms with Gasteiger partial charge in [0.15, 0.2) is 0 Å². The van der Waals surface area contributed by atoms with Crippen molar-refractivity contribution in [3.63, 3.8) is 0 Å². The van der Waals surface area contributed by atoms with Crippen molar-refractivity contribution in [3.05, 3.63) is 35.4 Å². The topological polar surface area (TPSA) is 46.2 Å². The van der Waals surface area contributed by atoms with Crippen LogP contribution in [0, 0.1) is 6.92 Å². The maximum absolute atomic E-state index is 12.1. The van der Waals surface area contributed by atoms with Gasteiger partial charge >= 0.3 is 0 Å². The smallest absolute Gasteiger partial charge is 0.235 e. The van der Waals surface area contributed by atoms with Crippen LogP contribution in [0.1, 0.15) is 31.4 Å². The number of hydrogen-bond donors (Lipinski definition) is 1. The molecule has 0 fully saturated rings. The second-order valence-electron chi connectivity index (χ2n) is 4.45. The summed E-state index contributed by atoms with van der Waals surface area (Å²) in [4.78, 5) is 11.7. The quantitative estimate of drug-likeness (QED) is 0.858. The fourth-order valence-electron chi connectivity index (χ4n) is 1.60. The van der Waals surface area contributed by atoms with Crippen LogP contribution in [0.25, 0.3) is 0 Å². The Morgan fingerprint density at radius 2 is 2.17 bits per heavy atom. The molecule has 1 amide bonds. The number of benzene rings is 1. The highest BCUT2D eigenvalue weighted by Gasteiger charge is 2.19. The third kappa shape index (κ3) is 4.61. The average molecular weight is 267 g/mol. The minimum Gasteiger partial charge on any atom is -0.355 e. The van der Waals surface area contributed by atoms with Gasteiger partial charge in [0.2, 0.25) is 5.91 Å². The fourth-order valence-corrected chi connectivity index (χ4v) is 2.68. The Morgan fingerprint density at radius 1 is 1.44 bits per heavy atom. The molecule has 1 rings (SSSR count). The molecule has 100 valence electrons. The molecule has 3 nitrogen and oxygen atoms in total. The second kappa shape index (κ2) is 7.31. The lowest BCUT2D eigenvalue weighted by Gasteiger charge is -2.12. The molecule has 18 heavy (non-hydrogen) atoms. The predicted molar refractivity (Wildman–Crippen MR) is 75.8 cm³/mol. The molecule has 0 radical (unpaired) electrons. The molecule has 0 bridgehead atoms. The molecule has 0 unspecified atom stereocenters. The summed E-state index contributed by atoms with van der Waals surface area (Å²) in [6, 6.07) is 7.91. The molecule has 0 saturated heterocycles. The zero-order valence-electron chi connectivity index (χ0n) is 11.2. The Hall–Kier alpha value is -1.16. The molecule has 0 saturated carbocycles. The van der Waals surface area contributed by atoms with Gasteiger partial charge in [-0.25, -0.2) is 0 Å². The van der Waals surface area contributed by atoms with Crippen LogP contribution in [0.2, 0.25) is 0 Å². The Bertz CT molecular complexity index is 432. The van der Waals surface area contributed by atoms with Crippen molar-refractivity contribution in [1.29, 1.82) is 0 Å². The van der Waals surface area contributed by atoms with Gasteiger partial charge in [-0.15, -0.1) is 0 Å². The van der Waals surface area contributed by atoms with Crippen molar-refractivity contribution in [1.82, 2.24) is 5.32 Å². The van der Waals surface area contributed by atoms with Crippen LogP contribution in [0.4, 0.5) is 0 Å². The number of amides is 1. The molecule has 2 atom stereocenters. The van der Waals surface area contributed by atoms with Crippen molar-refractivity contribution >= 4 is 16.7 Å². The second-order valence-corrected chi connectivity index (χ2v) is 6.20. The van der Waals surface area contributed by atoms with Crippen LogP contribution in [-0.2, 0) is 21.3 Å². The average Bonchev–Trinajstić information content (AvgIpc) is 2.35. The van der Waals surface area contributed by atoms with Gasteiger partial charge in [-0.1, -0.05) is 36.8 Å². The lowest BCUT2D eigenvalue weighted by atomic mass is 10.2. The fraction of sp³-hybridized carbons (Fsp3) is 0.500. The molecule has 4 heteroatoms. The van der Waals surface area contributed by atoms with Crippen LogP contribution in [0.5, 0.6) is 0 Å². The van der Waals surface area contributed by atoms with E-state index < -0.39 is 16.0 Å². The van der Waals surface area contributed by atoms with Gasteiger partial charge in [0.1, 0.15) is 5.25 Å². The Morgan fingerprint density at radius 3 is 2.78 bits per heavy atom. The monoisotopic (exact) mass is 267 g/mol. The molecule has 0 aromatic heterocycles. The van der Waals surface area contributed by atoms with Crippen molar-refractivity contribution in [2.24, 2.45) is 0 Å². The maximum Gasteiger partial charge on any atom is 0.235 e. The molecule has 0 heterocycles. The molecule has 0 aliphatic heterocycles. The van der Waals surface area contributed by atoms with E-state index in [1.165, 1.54) is 0 Å². The number of hydrogen-bond acceptors (Lipinski definition) is 2. The summed E-state index contributed by atoms with van der Waals surface area (Å²) in [6.45, 7) is 6.36. The summed E-state index contributed by atoms with van der Waals surface area (Å²) in [7, 11) is -1.17. The molecule has 1 N–H and O–H groups in total. The lowest BCUT2D eigenvalue weighted by Crippen LogP contribution is -2.36. The highest BCUT2D eigenvalue weighted by Crippen LogP contribution is 2.09. The molecule has 0 aliphatic rings. The zero-order valence-corrected chi connectivity index (χ0v) is 12.0. The van der Waals surface area contributed by atoms with Gasteiger partial charge in [-0.2, -0.15) is 0 Å². The van der Waals surface area contributed by atoms with Crippen LogP contribution < -0.4 is 5.32 Å². The minimum atomic E-state index is -1.17. The Kier molecular flexibility index (Phi) is 6.05. The first-order chi connectivity index (χ1) is 8.54. The first-order valence-electron chi connectivity index (χ1n) is 6.25. The Labute approximate surface area is 111 Å².